The molecule has 0 atom stereocenters. The molecule has 0 aromatic heterocycles. The highest BCUT2D eigenvalue weighted by Crippen LogP contribution is 2.35. The highest BCUT2D eigenvalue weighted by atomic mass is 32.2. The lowest BCUT2D eigenvalue weighted by molar-refractivity contribution is -0.136. The normalized spacial score (nSPS) is 12.4. The molecular formula is C55H76F4N4O18S. The number of ether oxygens (including phenoxy) is 12. The summed E-state index contributed by atoms with van der Waals surface area (Å²) in [6.07, 6.45) is 3.11. The molecular weight excluding hydrogens is 1110 g/mol. The van der Waals surface area contributed by atoms with Crippen LogP contribution in [0.25, 0.3) is 17.2 Å². The van der Waals surface area contributed by atoms with E-state index < -0.39 is 56.4 Å². The van der Waals surface area contributed by atoms with E-state index in [-0.39, 0.29) is 52.0 Å². The van der Waals surface area contributed by atoms with Crippen LogP contribution in [0.1, 0.15) is 45.1 Å². The summed E-state index contributed by atoms with van der Waals surface area (Å²) in [4.78, 5) is 32.4. The molecule has 22 nitrogen and oxygen atoms in total. The zero-order valence-electron chi connectivity index (χ0n) is 46.4. The average Bonchev–Trinajstić information content (AvgIpc) is 2.74. The van der Waals surface area contributed by atoms with Crippen LogP contribution in [-0.4, -0.2) is 194 Å². The van der Waals surface area contributed by atoms with Gasteiger partial charge < -0.3 is 67.9 Å². The molecule has 1 amide bonds. The van der Waals surface area contributed by atoms with Gasteiger partial charge in [0.2, 0.25) is 23.3 Å². The standard InChI is InChI=1S/C55H76F4N4O18S/c1-4-15-63(80-5-2)40(3)44-37-43-7-6-42(38-46(43)62-47(60)39-44)41-8-10-45(11-9-41)79-18-14-61-48(64)12-16-69-19-21-71-23-25-73-27-29-75-31-33-77-35-36-78-34-32-76-30-28-74-26-24-72-22-20-70-17-13-49(65)81-54-50(56)52(58)55(82(66,67)68)53(59)51(54)57/h6-11,37-38H,3-5,12-36,39H2,1-2H3,(H2,60,62)(H,61,64)(H,66,67,68). The molecule has 1 heterocycles. The van der Waals surface area contributed by atoms with Crippen molar-refractivity contribution in [1.82, 2.24) is 10.4 Å². The van der Waals surface area contributed by atoms with Crippen LogP contribution >= 0.6 is 0 Å². The van der Waals surface area contributed by atoms with Crippen LogP contribution in [-0.2, 0) is 71.9 Å². The molecule has 3 aromatic carbocycles. The molecule has 0 saturated heterocycles. The number of carbonyl (C=O) groups excluding carboxylic acids is 2. The van der Waals surface area contributed by atoms with E-state index in [4.69, 9.17) is 72.2 Å². The molecule has 27 heteroatoms. The largest absolute Gasteiger partial charge is 0.492 e. The van der Waals surface area contributed by atoms with Gasteiger partial charge in [-0.25, -0.2) is 13.8 Å². The number of nitrogens with zero attached hydrogens (tertiary/aromatic N) is 2. The predicted octanol–water partition coefficient (Wildman–Crippen LogP) is 6.16. The predicted molar refractivity (Wildman–Crippen MR) is 291 cm³/mol. The van der Waals surface area contributed by atoms with Crippen LogP contribution in [0.4, 0.5) is 23.2 Å². The van der Waals surface area contributed by atoms with Gasteiger partial charge in [0.15, 0.2) is 16.5 Å². The Morgan fingerprint density at radius 2 is 1.10 bits per heavy atom. The Balaban J connectivity index is 0.846. The Hall–Kier alpha value is -5.66. The minimum absolute atomic E-state index is 0.0185. The minimum Gasteiger partial charge on any atom is -0.492 e. The van der Waals surface area contributed by atoms with Gasteiger partial charge in [0.1, 0.15) is 18.2 Å². The molecule has 0 aliphatic carbocycles. The molecule has 0 saturated carbocycles. The van der Waals surface area contributed by atoms with E-state index in [2.05, 4.69) is 35.7 Å². The summed E-state index contributed by atoms with van der Waals surface area (Å²) in [5.41, 5.74) is 11.8. The molecule has 458 valence electrons. The first-order valence-electron chi connectivity index (χ1n) is 26.7. The Morgan fingerprint density at radius 3 is 1.55 bits per heavy atom. The van der Waals surface area contributed by atoms with Crippen LogP contribution in [0.2, 0.25) is 0 Å². The van der Waals surface area contributed by atoms with Crippen molar-refractivity contribution in [3.8, 4) is 22.6 Å². The maximum atomic E-state index is 14.0. The number of aliphatic imine (C=N–C) groups is 1. The van der Waals surface area contributed by atoms with E-state index in [0.717, 1.165) is 46.6 Å². The van der Waals surface area contributed by atoms with E-state index in [1.54, 1.807) is 0 Å². The van der Waals surface area contributed by atoms with Gasteiger partial charge in [-0.15, -0.1) is 0 Å². The number of carbonyl (C=O) groups is 2. The van der Waals surface area contributed by atoms with Crippen molar-refractivity contribution in [3.63, 3.8) is 0 Å². The van der Waals surface area contributed by atoms with Crippen molar-refractivity contribution < 1.29 is 102 Å². The molecule has 0 bridgehead atoms. The van der Waals surface area contributed by atoms with Gasteiger partial charge in [0, 0.05) is 24.9 Å². The molecule has 0 radical (unpaired) electrons. The summed E-state index contributed by atoms with van der Waals surface area (Å²) in [5.74, 6) is -11.6. The molecule has 1 aliphatic heterocycles. The lowest BCUT2D eigenvalue weighted by Gasteiger charge is -2.26. The Labute approximate surface area is 475 Å². The third-order valence-corrected chi connectivity index (χ3v) is 12.1. The molecule has 4 N–H and O–H groups in total. The third kappa shape index (κ3) is 26.3. The second kappa shape index (κ2) is 39.8. The van der Waals surface area contributed by atoms with E-state index in [0.29, 0.717) is 130 Å². The fraction of sp³-hybridized carbons (Fsp3) is 0.545. The number of benzene rings is 3. The van der Waals surface area contributed by atoms with Crippen molar-refractivity contribution in [2.24, 2.45) is 10.7 Å². The summed E-state index contributed by atoms with van der Waals surface area (Å²) in [7, 11) is -5.65. The number of nitrogens with two attached hydrogens (primary N) is 1. The van der Waals surface area contributed by atoms with Crippen molar-refractivity contribution >= 4 is 39.6 Å². The van der Waals surface area contributed by atoms with Crippen LogP contribution in [0.3, 0.4) is 0 Å². The number of hydrogen-bond acceptors (Lipinski definition) is 20. The maximum absolute atomic E-state index is 14.0. The SMILES string of the molecule is C=C(C1=Cc2ccc(-c3ccc(OCCNC(=O)CCOCCOCCOCCOCCOCCOCCOCCOCCOCCOCCC(=O)Oc4c(F)c(F)c(S(=O)(=O)O)c(F)c4F)cc3)cc2N=C(N)C1)N(CCC)OCC. The van der Waals surface area contributed by atoms with Crippen molar-refractivity contribution in [2.45, 2.75) is 44.4 Å². The molecule has 82 heavy (non-hydrogen) atoms. The van der Waals surface area contributed by atoms with E-state index in [1.165, 1.54) is 0 Å². The number of amides is 1. The highest BCUT2D eigenvalue weighted by Gasteiger charge is 2.34. The number of nitrogens with one attached hydrogen (secondary N) is 1. The lowest BCUT2D eigenvalue weighted by Crippen LogP contribution is -2.29. The van der Waals surface area contributed by atoms with E-state index in [9.17, 15) is 35.6 Å². The zero-order valence-corrected chi connectivity index (χ0v) is 47.2. The quantitative estimate of drug-likeness (QED) is 0.0109. The Morgan fingerprint density at radius 1 is 0.646 bits per heavy atom. The Bertz CT molecular complexity index is 2550. The van der Waals surface area contributed by atoms with Gasteiger partial charge in [0.25, 0.3) is 0 Å². The van der Waals surface area contributed by atoms with Gasteiger partial charge in [-0.3, -0.25) is 24.0 Å². The van der Waals surface area contributed by atoms with Gasteiger partial charge >= 0.3 is 16.1 Å². The van der Waals surface area contributed by atoms with Crippen LogP contribution < -0.4 is 20.5 Å². The number of hydrogen-bond donors (Lipinski definition) is 3. The first-order chi connectivity index (χ1) is 39.6. The molecule has 1 aliphatic rings. The molecule has 3 aromatic rings. The van der Waals surface area contributed by atoms with Gasteiger partial charge in [-0.1, -0.05) is 37.8 Å². The number of fused-ring (bicyclic) bond motifs is 1. The molecule has 0 spiro atoms. The number of halogens is 4. The monoisotopic (exact) mass is 1190 g/mol. The lowest BCUT2D eigenvalue weighted by atomic mass is 10.0. The van der Waals surface area contributed by atoms with Crippen LogP contribution in [0.15, 0.2) is 70.2 Å². The number of rotatable bonds is 46. The zero-order chi connectivity index (χ0) is 59.4. The molecule has 0 unspecified atom stereocenters. The Kier molecular flexibility index (Phi) is 33.4. The molecule has 4 rings (SSSR count). The third-order valence-electron chi connectivity index (χ3n) is 11.2. The summed E-state index contributed by atoms with van der Waals surface area (Å²) in [5, 5.41) is 4.67. The second-order valence-electron chi connectivity index (χ2n) is 17.4. The van der Waals surface area contributed by atoms with Crippen molar-refractivity contribution in [2.75, 3.05) is 158 Å². The van der Waals surface area contributed by atoms with Crippen LogP contribution in [0.5, 0.6) is 11.5 Å². The maximum Gasteiger partial charge on any atom is 0.313 e. The average molecular weight is 1190 g/mol. The highest BCUT2D eigenvalue weighted by molar-refractivity contribution is 7.85. The summed E-state index contributed by atoms with van der Waals surface area (Å²) < 4.78 is 151. The first kappa shape index (κ1) is 68.8. The summed E-state index contributed by atoms with van der Waals surface area (Å²) >= 11 is 0. The van der Waals surface area contributed by atoms with E-state index >= 15 is 0 Å². The summed E-state index contributed by atoms with van der Waals surface area (Å²) in [6.45, 7) is 16.2. The second-order valence-corrected chi connectivity index (χ2v) is 18.8. The van der Waals surface area contributed by atoms with Crippen LogP contribution in [0, 0.1) is 23.3 Å². The number of amidine groups is 1. The van der Waals surface area contributed by atoms with Gasteiger partial charge in [-0.2, -0.15) is 17.2 Å². The molecule has 0 fully saturated rings. The number of esters is 1. The fourth-order valence-electron chi connectivity index (χ4n) is 7.22. The fourth-order valence-corrected chi connectivity index (χ4v) is 7.85. The van der Waals surface area contributed by atoms with Crippen molar-refractivity contribution in [3.05, 3.63) is 89.1 Å². The topological polar surface area (TPSA) is 262 Å². The van der Waals surface area contributed by atoms with Gasteiger partial charge in [-0.05, 0) is 54.3 Å². The summed E-state index contributed by atoms with van der Waals surface area (Å²) in [6, 6.07) is 13.9. The van der Waals surface area contributed by atoms with Gasteiger partial charge in [0.05, 0.1) is 163 Å². The number of allylic oxidation sites excluding steroid dienone is 1. The van der Waals surface area contributed by atoms with E-state index in [1.807, 2.05) is 48.4 Å². The van der Waals surface area contributed by atoms with Crippen molar-refractivity contribution in [1.29, 1.82) is 0 Å². The smallest absolute Gasteiger partial charge is 0.313 e. The minimum atomic E-state index is -5.65. The first-order valence-corrected chi connectivity index (χ1v) is 28.2. The number of hydroxylamine groups is 2.